The molecule has 1 saturated heterocycles. The molecule has 2 rings (SSSR count). The second kappa shape index (κ2) is 6.05. The van der Waals surface area contributed by atoms with Crippen LogP contribution in [0.15, 0.2) is 6.07 Å². The van der Waals surface area contributed by atoms with Gasteiger partial charge in [-0.1, -0.05) is 0 Å². The van der Waals surface area contributed by atoms with Crippen molar-refractivity contribution in [1.82, 2.24) is 14.9 Å². The molecule has 0 aromatic carbocycles. The molecule has 5 nitrogen and oxygen atoms in total. The quantitative estimate of drug-likeness (QED) is 0.869. The largest absolute Gasteiger partial charge is 0.433 e. The molecule has 1 aromatic rings. The lowest BCUT2D eigenvalue weighted by molar-refractivity contribution is -0.141. The summed E-state index contributed by atoms with van der Waals surface area (Å²) in [4.78, 5) is 20.6. The molecular formula is C12H14ClF3N4O. The van der Waals surface area contributed by atoms with Crippen molar-refractivity contribution in [3.05, 3.63) is 17.0 Å². The third-order valence-corrected chi connectivity index (χ3v) is 3.31. The summed E-state index contributed by atoms with van der Waals surface area (Å²) >= 11 is 5.49. The Kier molecular flexibility index (Phi) is 4.55. The van der Waals surface area contributed by atoms with E-state index in [0.29, 0.717) is 13.1 Å². The van der Waals surface area contributed by atoms with Gasteiger partial charge in [0.15, 0.2) is 5.69 Å². The van der Waals surface area contributed by atoms with Crippen LogP contribution in [0.4, 0.5) is 19.0 Å². The highest BCUT2D eigenvalue weighted by atomic mass is 35.5. The first-order chi connectivity index (χ1) is 9.77. The average molecular weight is 323 g/mol. The monoisotopic (exact) mass is 322 g/mol. The number of nitrogens with zero attached hydrogens (tertiary/aromatic N) is 3. The predicted molar refractivity (Wildman–Crippen MR) is 70.9 cm³/mol. The van der Waals surface area contributed by atoms with E-state index in [2.05, 4.69) is 15.3 Å². The lowest BCUT2D eigenvalue weighted by Gasteiger charge is -2.21. The van der Waals surface area contributed by atoms with Crippen LogP contribution in [0.3, 0.4) is 0 Å². The van der Waals surface area contributed by atoms with E-state index in [1.54, 1.807) is 11.8 Å². The van der Waals surface area contributed by atoms with Gasteiger partial charge < -0.3 is 10.2 Å². The average Bonchev–Trinajstić information content (AvgIpc) is 2.89. The third-order valence-electron chi connectivity index (χ3n) is 3.14. The van der Waals surface area contributed by atoms with Gasteiger partial charge in [0, 0.05) is 19.2 Å². The maximum atomic E-state index is 12.6. The van der Waals surface area contributed by atoms with E-state index >= 15 is 0 Å². The second-order valence-electron chi connectivity index (χ2n) is 4.80. The normalized spacial score (nSPS) is 16.9. The summed E-state index contributed by atoms with van der Waals surface area (Å²) in [5, 5.41) is 2.12. The van der Waals surface area contributed by atoms with Crippen molar-refractivity contribution < 1.29 is 18.0 Å². The molecule has 9 heteroatoms. The molecule has 0 saturated carbocycles. The number of aromatic nitrogens is 2. The van der Waals surface area contributed by atoms with Gasteiger partial charge in [0.25, 0.3) is 0 Å². The Labute approximate surface area is 124 Å². The number of halogens is 4. The van der Waals surface area contributed by atoms with Gasteiger partial charge in [0.05, 0.1) is 0 Å². The third kappa shape index (κ3) is 3.96. The van der Waals surface area contributed by atoms with Crippen molar-refractivity contribution in [1.29, 1.82) is 0 Å². The molecule has 0 radical (unpaired) electrons. The zero-order valence-corrected chi connectivity index (χ0v) is 12.0. The van der Waals surface area contributed by atoms with Crippen LogP contribution in [0.1, 0.15) is 25.5 Å². The number of nitrogens with one attached hydrogen (secondary N) is 1. The van der Waals surface area contributed by atoms with E-state index in [4.69, 9.17) is 11.6 Å². The number of hydrogen-bond acceptors (Lipinski definition) is 4. The second-order valence-corrected chi connectivity index (χ2v) is 5.14. The van der Waals surface area contributed by atoms with E-state index in [9.17, 15) is 18.0 Å². The van der Waals surface area contributed by atoms with Gasteiger partial charge in [0.2, 0.25) is 11.2 Å². The van der Waals surface area contributed by atoms with Crippen LogP contribution in [0.25, 0.3) is 0 Å². The molecule has 0 spiro atoms. The summed E-state index contributed by atoms with van der Waals surface area (Å²) < 4.78 is 37.9. The molecular weight excluding hydrogens is 309 g/mol. The highest BCUT2D eigenvalue weighted by Crippen LogP contribution is 2.29. The van der Waals surface area contributed by atoms with Crippen LogP contribution >= 0.6 is 11.6 Å². The Morgan fingerprint density at radius 1 is 1.38 bits per heavy atom. The molecule has 1 aliphatic heterocycles. The molecule has 1 atom stereocenters. The standard InChI is InChI=1S/C12H14ClF3N4O/c1-7(10(21)20-4-2-3-5-20)17-9-6-8(12(14,15)16)18-11(13)19-9/h6-7H,2-5H2,1H3,(H,17,18,19). The molecule has 0 bridgehead atoms. The van der Waals surface area contributed by atoms with Crippen LogP contribution in [0.5, 0.6) is 0 Å². The first kappa shape index (κ1) is 15.8. The molecule has 116 valence electrons. The summed E-state index contributed by atoms with van der Waals surface area (Å²) in [7, 11) is 0. The molecule has 1 amide bonds. The maximum absolute atomic E-state index is 12.6. The van der Waals surface area contributed by atoms with E-state index in [1.807, 2.05) is 0 Å². The van der Waals surface area contributed by atoms with E-state index < -0.39 is 23.2 Å². The van der Waals surface area contributed by atoms with Gasteiger partial charge in [-0.2, -0.15) is 13.2 Å². The fourth-order valence-electron chi connectivity index (χ4n) is 2.13. The van der Waals surface area contributed by atoms with Gasteiger partial charge in [-0.05, 0) is 31.4 Å². The lowest BCUT2D eigenvalue weighted by atomic mass is 10.3. The number of anilines is 1. The van der Waals surface area contributed by atoms with Gasteiger partial charge in [0.1, 0.15) is 11.9 Å². The minimum Gasteiger partial charge on any atom is -0.358 e. The highest BCUT2D eigenvalue weighted by Gasteiger charge is 2.34. The Morgan fingerprint density at radius 3 is 2.57 bits per heavy atom. The maximum Gasteiger partial charge on any atom is 0.433 e. The minimum absolute atomic E-state index is 0.123. The molecule has 21 heavy (non-hydrogen) atoms. The smallest absolute Gasteiger partial charge is 0.358 e. The van der Waals surface area contributed by atoms with E-state index in [1.165, 1.54) is 0 Å². The summed E-state index contributed by atoms with van der Waals surface area (Å²) in [5.41, 5.74) is -1.15. The van der Waals surface area contributed by atoms with Gasteiger partial charge in [-0.3, -0.25) is 4.79 Å². The molecule has 1 fully saturated rings. The Morgan fingerprint density at radius 2 is 2.00 bits per heavy atom. The molecule has 1 N–H and O–H groups in total. The molecule has 1 aromatic heterocycles. The van der Waals surface area contributed by atoms with Gasteiger partial charge in [-0.25, -0.2) is 9.97 Å². The highest BCUT2D eigenvalue weighted by molar-refractivity contribution is 6.28. The Bertz CT molecular complexity index is 532. The number of amides is 1. The molecule has 0 aliphatic carbocycles. The van der Waals surface area contributed by atoms with Crippen LogP contribution in [-0.2, 0) is 11.0 Å². The summed E-state index contributed by atoms with van der Waals surface area (Å²) in [6, 6.07) is 0.0507. The molecule has 2 heterocycles. The van der Waals surface area contributed by atoms with Gasteiger partial charge >= 0.3 is 6.18 Å². The topological polar surface area (TPSA) is 58.1 Å². The van der Waals surface area contributed by atoms with Crippen LogP contribution in [0.2, 0.25) is 5.28 Å². The van der Waals surface area contributed by atoms with Crippen LogP contribution in [0, 0.1) is 0 Å². The van der Waals surface area contributed by atoms with Crippen LogP contribution in [-0.4, -0.2) is 39.9 Å². The van der Waals surface area contributed by atoms with Crippen LogP contribution < -0.4 is 5.32 Å². The number of hydrogen-bond donors (Lipinski definition) is 1. The van der Waals surface area contributed by atoms with E-state index in [0.717, 1.165) is 18.9 Å². The van der Waals surface area contributed by atoms with Crippen molar-refractivity contribution in [3.8, 4) is 0 Å². The number of alkyl halides is 3. The van der Waals surface area contributed by atoms with Crippen molar-refractivity contribution in [2.24, 2.45) is 0 Å². The summed E-state index contributed by atoms with van der Waals surface area (Å²) in [6.07, 6.45) is -2.74. The Balaban J connectivity index is 2.11. The number of carbonyl (C=O) groups excluding carboxylic acids is 1. The van der Waals surface area contributed by atoms with Crippen molar-refractivity contribution in [3.63, 3.8) is 0 Å². The summed E-state index contributed by atoms with van der Waals surface area (Å²) in [6.45, 7) is 2.91. The predicted octanol–water partition coefficient (Wildman–Crippen LogP) is 2.57. The fraction of sp³-hybridized carbons (Fsp3) is 0.583. The first-order valence-corrected chi connectivity index (χ1v) is 6.82. The zero-order valence-electron chi connectivity index (χ0n) is 11.2. The number of rotatable bonds is 3. The lowest BCUT2D eigenvalue weighted by Crippen LogP contribution is -2.39. The van der Waals surface area contributed by atoms with Crippen molar-refractivity contribution >= 4 is 23.3 Å². The number of likely N-dealkylation sites (tertiary alicyclic amines) is 1. The zero-order chi connectivity index (χ0) is 15.6. The summed E-state index contributed by atoms with van der Waals surface area (Å²) in [5.74, 6) is -0.293. The molecule has 1 aliphatic rings. The Hall–Kier alpha value is -1.57. The first-order valence-electron chi connectivity index (χ1n) is 6.44. The molecule has 1 unspecified atom stereocenters. The van der Waals surface area contributed by atoms with Crippen molar-refractivity contribution in [2.75, 3.05) is 18.4 Å². The van der Waals surface area contributed by atoms with Gasteiger partial charge in [-0.15, -0.1) is 0 Å². The number of carbonyl (C=O) groups is 1. The fourth-order valence-corrected chi connectivity index (χ4v) is 2.31. The minimum atomic E-state index is -4.62. The SMILES string of the molecule is CC(Nc1cc(C(F)(F)F)nc(Cl)n1)C(=O)N1CCCC1. The van der Waals surface area contributed by atoms with E-state index in [-0.39, 0.29) is 11.7 Å². The van der Waals surface area contributed by atoms with Crippen molar-refractivity contribution in [2.45, 2.75) is 32.0 Å².